The van der Waals surface area contributed by atoms with Crippen LogP contribution in [0.15, 0.2) is 76.7 Å². The number of hydrogen-bond donors (Lipinski definition) is 2. The molecule has 38 heavy (non-hydrogen) atoms. The molecule has 4 rings (SSSR count). The second-order valence-corrected chi connectivity index (χ2v) is 9.36. The first-order valence-electron chi connectivity index (χ1n) is 11.3. The molecule has 2 aromatic carbocycles. The highest BCUT2D eigenvalue weighted by Crippen LogP contribution is 2.37. The van der Waals surface area contributed by atoms with Gasteiger partial charge in [0.15, 0.2) is 0 Å². The van der Waals surface area contributed by atoms with Crippen LogP contribution in [0.5, 0.6) is 11.6 Å². The fourth-order valence-electron chi connectivity index (χ4n) is 3.81. The van der Waals surface area contributed by atoms with E-state index in [1.807, 2.05) is 12.1 Å². The van der Waals surface area contributed by atoms with Crippen LogP contribution in [0.1, 0.15) is 27.2 Å². The molecule has 198 valence electrons. The number of aromatic hydroxyl groups is 1. The van der Waals surface area contributed by atoms with Gasteiger partial charge in [0.05, 0.1) is 30.6 Å². The van der Waals surface area contributed by atoms with E-state index in [-0.39, 0.29) is 52.6 Å². The Balaban J connectivity index is 1.56. The van der Waals surface area contributed by atoms with Crippen LogP contribution in [0.2, 0.25) is 0 Å². The molecule has 0 spiro atoms. The summed E-state index contributed by atoms with van der Waals surface area (Å²) in [5, 5.41) is 13.5. The minimum absolute atomic E-state index is 0.0406. The molecule has 0 aliphatic heterocycles. The Morgan fingerprint density at radius 1 is 1.11 bits per heavy atom. The van der Waals surface area contributed by atoms with Crippen LogP contribution >= 0.6 is 11.8 Å². The highest BCUT2D eigenvalue weighted by Gasteiger charge is 2.29. The first-order chi connectivity index (χ1) is 18.1. The molecule has 1 amide bonds. The number of aromatic nitrogens is 3. The summed E-state index contributed by atoms with van der Waals surface area (Å²) >= 11 is -0.273. The summed E-state index contributed by atoms with van der Waals surface area (Å²) in [5.41, 5.74) is -3.02. The number of carbonyl (C=O) groups is 1. The summed E-state index contributed by atoms with van der Waals surface area (Å²) < 4.78 is 45.3. The number of thioether (sulfide) groups is 1. The van der Waals surface area contributed by atoms with Gasteiger partial charge in [-0.1, -0.05) is 12.1 Å². The van der Waals surface area contributed by atoms with E-state index in [0.717, 1.165) is 10.1 Å². The molecule has 0 atom stereocenters. The SMILES string of the molecule is COc1ccc(CNC(=O)c2cnccc2Cn2c(C)c(O)n(-c3ccc(SC(F)(F)F)cc3)c2=O)cc1. The van der Waals surface area contributed by atoms with Crippen LogP contribution < -0.4 is 15.7 Å². The molecule has 0 bridgehead atoms. The molecular weight excluding hydrogens is 521 g/mol. The minimum atomic E-state index is -4.44. The van der Waals surface area contributed by atoms with E-state index in [4.69, 9.17) is 4.74 Å². The van der Waals surface area contributed by atoms with Crippen LogP contribution in [-0.2, 0) is 13.1 Å². The van der Waals surface area contributed by atoms with Crippen LogP contribution in [-0.4, -0.2) is 37.8 Å². The third-order valence-electron chi connectivity index (χ3n) is 5.79. The van der Waals surface area contributed by atoms with Crippen molar-refractivity contribution >= 4 is 17.7 Å². The van der Waals surface area contributed by atoms with Crippen molar-refractivity contribution in [1.82, 2.24) is 19.4 Å². The summed E-state index contributed by atoms with van der Waals surface area (Å²) in [6.45, 7) is 1.75. The van der Waals surface area contributed by atoms with Gasteiger partial charge in [-0.2, -0.15) is 13.2 Å². The molecule has 8 nitrogen and oxygen atoms in total. The lowest BCUT2D eigenvalue weighted by Gasteiger charge is -2.11. The van der Waals surface area contributed by atoms with Gasteiger partial charge in [-0.3, -0.25) is 14.3 Å². The van der Waals surface area contributed by atoms with Gasteiger partial charge in [-0.05, 0) is 72.3 Å². The standard InChI is InChI=1S/C26H23F3N4O4S/c1-16-24(35)33(19-5-9-21(10-6-19)38-26(27,28)29)25(36)32(16)15-18-11-12-30-14-22(18)23(34)31-13-17-3-7-20(37-2)8-4-17/h3-12,14,35H,13,15H2,1-2H3,(H,31,34). The van der Waals surface area contributed by atoms with Gasteiger partial charge < -0.3 is 15.2 Å². The van der Waals surface area contributed by atoms with Gasteiger partial charge in [0.1, 0.15) is 5.75 Å². The van der Waals surface area contributed by atoms with Gasteiger partial charge >= 0.3 is 11.2 Å². The number of rotatable bonds is 8. The van der Waals surface area contributed by atoms with E-state index >= 15 is 0 Å². The molecule has 0 aliphatic rings. The predicted molar refractivity (Wildman–Crippen MR) is 136 cm³/mol. The zero-order valence-electron chi connectivity index (χ0n) is 20.3. The number of benzene rings is 2. The molecule has 0 saturated carbocycles. The summed E-state index contributed by atoms with van der Waals surface area (Å²) in [5.74, 6) is -0.0522. The number of ether oxygens (including phenoxy) is 1. The fourth-order valence-corrected chi connectivity index (χ4v) is 4.35. The maximum atomic E-state index is 13.2. The third kappa shape index (κ3) is 6.02. The van der Waals surface area contributed by atoms with E-state index in [9.17, 15) is 27.9 Å². The second-order valence-electron chi connectivity index (χ2n) is 8.22. The Morgan fingerprint density at radius 2 is 1.79 bits per heavy atom. The largest absolute Gasteiger partial charge is 0.497 e. The second kappa shape index (κ2) is 11.1. The number of nitrogens with one attached hydrogen (secondary N) is 1. The lowest BCUT2D eigenvalue weighted by Crippen LogP contribution is -2.27. The molecule has 0 aliphatic carbocycles. The molecule has 2 aromatic heterocycles. The maximum absolute atomic E-state index is 13.2. The molecule has 0 unspecified atom stereocenters. The van der Waals surface area contributed by atoms with E-state index in [1.165, 1.54) is 48.1 Å². The van der Waals surface area contributed by atoms with Crippen molar-refractivity contribution in [2.45, 2.75) is 30.4 Å². The fraction of sp³-hybridized carbons (Fsp3) is 0.192. The van der Waals surface area contributed by atoms with E-state index in [2.05, 4.69) is 10.3 Å². The average Bonchev–Trinajstić information content (AvgIpc) is 3.10. The first kappa shape index (κ1) is 26.9. The summed E-state index contributed by atoms with van der Waals surface area (Å²) in [6, 6.07) is 13.9. The normalized spacial score (nSPS) is 11.4. The van der Waals surface area contributed by atoms with Crippen molar-refractivity contribution < 1.29 is 27.8 Å². The quantitative estimate of drug-likeness (QED) is 0.314. The van der Waals surface area contributed by atoms with Gasteiger partial charge in [-0.15, -0.1) is 0 Å². The average molecular weight is 545 g/mol. The van der Waals surface area contributed by atoms with Crippen molar-refractivity contribution in [2.24, 2.45) is 0 Å². The van der Waals surface area contributed by atoms with E-state index < -0.39 is 17.1 Å². The smallest absolute Gasteiger partial charge is 0.446 e. The van der Waals surface area contributed by atoms with Gasteiger partial charge in [0.2, 0.25) is 5.88 Å². The highest BCUT2D eigenvalue weighted by molar-refractivity contribution is 8.00. The Labute approximate surface area is 219 Å². The monoisotopic (exact) mass is 544 g/mol. The predicted octanol–water partition coefficient (Wildman–Crippen LogP) is 4.65. The number of carbonyl (C=O) groups excluding carboxylic acids is 1. The van der Waals surface area contributed by atoms with Crippen molar-refractivity contribution in [1.29, 1.82) is 0 Å². The van der Waals surface area contributed by atoms with Gasteiger partial charge in [0, 0.05) is 23.8 Å². The molecular formula is C26H23F3N4O4S. The lowest BCUT2D eigenvalue weighted by atomic mass is 10.1. The molecule has 0 fully saturated rings. The van der Waals surface area contributed by atoms with Gasteiger partial charge in [-0.25, -0.2) is 9.36 Å². The Hall–Kier alpha value is -4.19. The number of nitrogens with zero attached hydrogens (tertiary/aromatic N) is 3. The maximum Gasteiger partial charge on any atom is 0.446 e. The molecule has 4 aromatic rings. The third-order valence-corrected chi connectivity index (χ3v) is 6.53. The zero-order chi connectivity index (χ0) is 27.4. The molecule has 2 N–H and O–H groups in total. The molecule has 2 heterocycles. The Bertz CT molecular complexity index is 1500. The van der Waals surface area contributed by atoms with Gasteiger partial charge in [0.25, 0.3) is 5.91 Å². The minimum Gasteiger partial charge on any atom is -0.497 e. The van der Waals surface area contributed by atoms with Crippen LogP contribution in [0.4, 0.5) is 13.2 Å². The van der Waals surface area contributed by atoms with Crippen molar-refractivity contribution in [3.05, 3.63) is 99.9 Å². The summed E-state index contributed by atoms with van der Waals surface area (Å²) in [6.07, 6.45) is 2.89. The van der Waals surface area contributed by atoms with Crippen molar-refractivity contribution in [2.75, 3.05) is 7.11 Å². The number of amides is 1. The number of halogens is 3. The topological polar surface area (TPSA) is 98.4 Å². The number of alkyl halides is 3. The number of hydrogen-bond acceptors (Lipinski definition) is 6. The number of imidazole rings is 1. The first-order valence-corrected chi connectivity index (χ1v) is 12.1. The summed E-state index contributed by atoms with van der Waals surface area (Å²) in [7, 11) is 1.56. The van der Waals surface area contributed by atoms with Crippen LogP contribution in [0.25, 0.3) is 5.69 Å². The van der Waals surface area contributed by atoms with Crippen LogP contribution in [0.3, 0.4) is 0 Å². The zero-order valence-corrected chi connectivity index (χ0v) is 21.1. The summed E-state index contributed by atoms with van der Waals surface area (Å²) in [4.78, 5) is 30.2. The van der Waals surface area contributed by atoms with Crippen LogP contribution in [0, 0.1) is 6.92 Å². The van der Waals surface area contributed by atoms with E-state index in [1.54, 1.807) is 25.3 Å². The number of methoxy groups -OCH3 is 1. The molecule has 0 radical (unpaired) electrons. The Kier molecular flexibility index (Phi) is 7.81. The van der Waals surface area contributed by atoms with Crippen molar-refractivity contribution in [3.63, 3.8) is 0 Å². The molecule has 0 saturated heterocycles. The Morgan fingerprint density at radius 3 is 2.42 bits per heavy atom. The number of pyridine rings is 1. The van der Waals surface area contributed by atoms with E-state index in [0.29, 0.717) is 11.3 Å². The lowest BCUT2D eigenvalue weighted by molar-refractivity contribution is -0.0328. The van der Waals surface area contributed by atoms with Crippen molar-refractivity contribution in [3.8, 4) is 17.3 Å². The molecule has 12 heteroatoms. The highest BCUT2D eigenvalue weighted by atomic mass is 32.2.